The third-order valence-electron chi connectivity index (χ3n) is 19.7. The number of halogens is 13. The van der Waals surface area contributed by atoms with Crippen LogP contribution in [-0.2, 0) is 92.3 Å². The SMILES string of the molecule is C=S(C)(=O)Cc1nn(C)c2c(-c3ccc(C#CC(C)(C)O)nc3[C@@H](CC(=O)Cn3nc(C(F)F)c4c3C(F)(F)[C@@H]3C[C@H]43)Cc3cc(F)cc(F)c3)ccc(Cl)c12.Cn1nc(CS(C)(=O)=O)c2cccc(-c3ccc(C#CC(C)(C)O)nc3[C@@H](CC(=O)Cn3nc(C(F)F)c4c3C(F)(F)[C@@H]3C[C@H]43)Cc3cc(F)cc(F)c3)c21. The highest BCUT2D eigenvalue weighted by Crippen LogP contribution is 2.69. The summed E-state index contributed by atoms with van der Waals surface area (Å²) in [6.07, 6.45) is -4.88. The van der Waals surface area contributed by atoms with Crippen LogP contribution in [-0.4, -0.2) is 113 Å². The summed E-state index contributed by atoms with van der Waals surface area (Å²) in [5.41, 5.74) is -1.63. The lowest BCUT2D eigenvalue weighted by Gasteiger charge is -2.22. The van der Waals surface area contributed by atoms with Gasteiger partial charge in [-0.05, 0) is 158 Å². The molecule has 17 nitrogen and oxygen atoms in total. The average molecular weight is 1600 g/mol. The molecule has 32 heteroatoms. The fourth-order valence-corrected chi connectivity index (χ4v) is 17.1. The van der Waals surface area contributed by atoms with Gasteiger partial charge < -0.3 is 10.2 Å². The maximum Gasteiger partial charge on any atom is 0.293 e. The number of aryl methyl sites for hydroxylation is 2. The van der Waals surface area contributed by atoms with Gasteiger partial charge in [-0.1, -0.05) is 47.7 Å². The van der Waals surface area contributed by atoms with Crippen LogP contribution in [0.25, 0.3) is 44.1 Å². The molecule has 14 rings (SSSR count). The van der Waals surface area contributed by atoms with E-state index in [2.05, 4.69) is 49.9 Å². The van der Waals surface area contributed by atoms with E-state index in [1.54, 1.807) is 73.4 Å². The van der Waals surface area contributed by atoms with Gasteiger partial charge in [-0.3, -0.25) is 32.5 Å². The van der Waals surface area contributed by atoms with E-state index in [1.807, 2.05) is 0 Å². The number of carbonyl (C=O) groups is 2. The smallest absolute Gasteiger partial charge is 0.293 e. The Balaban J connectivity index is 0.000000195. The van der Waals surface area contributed by atoms with Crippen molar-refractivity contribution in [3.63, 3.8) is 0 Å². The maximum atomic E-state index is 15.4. The molecule has 4 aliphatic rings. The largest absolute Gasteiger partial charge is 0.378 e. The van der Waals surface area contributed by atoms with E-state index in [0.29, 0.717) is 76.3 Å². The monoisotopic (exact) mass is 1600 g/mol. The lowest BCUT2D eigenvalue weighted by Crippen LogP contribution is -2.24. The number of ketones is 2. The number of fused-ring (bicyclic) bond motifs is 8. The van der Waals surface area contributed by atoms with Gasteiger partial charge in [0, 0.05) is 119 Å². The van der Waals surface area contributed by atoms with E-state index in [0.717, 1.165) is 30.5 Å². The molecule has 111 heavy (non-hydrogen) atoms. The molecular formula is C79H71ClF12N10O7S2. The van der Waals surface area contributed by atoms with E-state index in [9.17, 15) is 67.6 Å². The van der Waals surface area contributed by atoms with E-state index in [-0.39, 0.29) is 87.9 Å². The van der Waals surface area contributed by atoms with Gasteiger partial charge in [0.25, 0.3) is 24.7 Å². The molecule has 7 atom stereocenters. The number of pyridine rings is 2. The number of sulfone groups is 1. The molecular weight excluding hydrogens is 1530 g/mol. The molecule has 0 saturated heterocycles. The Bertz CT molecular complexity index is 5820. The van der Waals surface area contributed by atoms with Gasteiger partial charge in [-0.2, -0.15) is 38.0 Å². The number of rotatable bonds is 22. The first-order chi connectivity index (χ1) is 51.8. The van der Waals surface area contributed by atoms with Gasteiger partial charge in [0.1, 0.15) is 81.7 Å². The molecule has 4 aromatic carbocycles. The lowest BCUT2D eigenvalue weighted by molar-refractivity contribution is -0.121. The Kier molecular flexibility index (Phi) is 20.9. The second-order valence-corrected chi connectivity index (χ2v) is 35.3. The summed E-state index contributed by atoms with van der Waals surface area (Å²) in [6, 6.07) is 20.6. The number of aromatic nitrogens is 10. The maximum absolute atomic E-state index is 15.4. The van der Waals surface area contributed by atoms with Crippen LogP contribution in [0.4, 0.5) is 52.7 Å². The van der Waals surface area contributed by atoms with Crippen LogP contribution in [0.1, 0.15) is 169 Å². The van der Waals surface area contributed by atoms with Crippen LogP contribution in [0.15, 0.2) is 91.0 Å². The number of Topliss-reactive ketones (excluding diaryl/α,β-unsaturated/α-hetero) is 2. The zero-order valence-corrected chi connectivity index (χ0v) is 63.1. The summed E-state index contributed by atoms with van der Waals surface area (Å²) in [7, 11) is -2.77. The molecule has 2 fully saturated rings. The molecule has 0 bridgehead atoms. The van der Waals surface area contributed by atoms with Crippen molar-refractivity contribution in [2.24, 2.45) is 25.9 Å². The number of para-hydroxylation sites is 1. The van der Waals surface area contributed by atoms with Crippen molar-refractivity contribution in [1.82, 2.24) is 49.1 Å². The van der Waals surface area contributed by atoms with Crippen molar-refractivity contribution in [1.29, 1.82) is 0 Å². The number of aliphatic hydroxyl groups is 2. The summed E-state index contributed by atoms with van der Waals surface area (Å²) in [6.45, 7) is 4.31. The first-order valence-corrected chi connectivity index (χ1v) is 39.6. The standard InChI is InChI=1S/C40H36ClF6N5O3S.C39H35F6N5O4S/c1-39(2,54)11-10-24-6-7-26(27-8-9-30(41)33-31(19-56(4,5)55)49-51(3)36(27)33)34(48-24)21(12-20-13-22(42)16-23(43)14-20)15-25(53)18-52-37-32(35(50-52)38(44)45)28-17-29(28)40(37,46)47;1-38(2,52)11-10-24-8-9-26(27-6-5-7-28-31(19-55(4,53)54)47-49(3)35(27)28)33(46-24)21(12-20-13-22(40)16-23(41)14-20)15-25(51)18-50-36-32(34(48-50)37(42)43)29-17-30(29)39(36,44)45/h6-9,13-14,16,21,28-29,38,54H,4,12,15,17-19H2,1-3,5H3;5-9,13-14,16,21,29-30,37,52H,12,15,17-19H2,1-4H3/t21-,28+,29-,56?;21-,29+,30-/m11/s1. The Morgan fingerprint density at radius 2 is 1.00 bits per heavy atom. The van der Waals surface area contributed by atoms with Gasteiger partial charge in [-0.25, -0.2) is 53.5 Å². The number of hydrogen-bond acceptors (Lipinski definition) is 13. The third kappa shape index (κ3) is 16.7. The minimum Gasteiger partial charge on any atom is -0.378 e. The summed E-state index contributed by atoms with van der Waals surface area (Å²) >= 11 is 6.70. The summed E-state index contributed by atoms with van der Waals surface area (Å²) in [5, 5.41) is 38.6. The van der Waals surface area contributed by atoms with Gasteiger partial charge >= 0.3 is 0 Å². The van der Waals surface area contributed by atoms with Crippen LogP contribution in [0, 0.1) is 58.8 Å². The molecule has 1 unspecified atom stereocenters. The van der Waals surface area contributed by atoms with E-state index in [4.69, 9.17) is 21.6 Å². The molecule has 6 aromatic heterocycles. The zero-order chi connectivity index (χ0) is 80.4. The van der Waals surface area contributed by atoms with Crippen molar-refractivity contribution < 1.29 is 85.1 Å². The molecule has 2 N–H and O–H groups in total. The summed E-state index contributed by atoms with van der Waals surface area (Å²) in [4.78, 5) is 37.6. The predicted molar refractivity (Wildman–Crippen MR) is 391 cm³/mol. The average Bonchev–Trinajstić information content (AvgIpc) is 1.52. The second kappa shape index (κ2) is 29.1. The Hall–Kier alpha value is -9.66. The molecule has 10 aromatic rings. The fraction of sp³-hybridized carbons (Fsp3) is 0.380. The highest BCUT2D eigenvalue weighted by Gasteiger charge is 2.68. The molecule has 0 radical (unpaired) electrons. The molecule has 6 heterocycles. The number of nitrogens with zero attached hydrogens (tertiary/aromatic N) is 10. The lowest BCUT2D eigenvalue weighted by atomic mass is 9.86. The summed E-state index contributed by atoms with van der Waals surface area (Å²) < 4.78 is 218. The quantitative estimate of drug-likeness (QED) is 0.0366. The predicted octanol–water partition coefficient (Wildman–Crippen LogP) is 14.8. The third-order valence-corrected chi connectivity index (χ3v) is 21.7. The van der Waals surface area contributed by atoms with Gasteiger partial charge in [0.05, 0.1) is 50.3 Å². The Labute approximate surface area is 634 Å². The number of carbonyl (C=O) groups excluding carboxylic acids is 2. The van der Waals surface area contributed by atoms with Crippen molar-refractivity contribution in [2.45, 2.75) is 150 Å². The number of alkyl halides is 8. The molecule has 4 aliphatic carbocycles. The highest BCUT2D eigenvalue weighted by molar-refractivity contribution is 7.98. The minimum absolute atomic E-state index is 0.0112. The number of hydrogen-bond donors (Lipinski definition) is 2. The fourth-order valence-electron chi connectivity index (χ4n) is 15.4. The minimum atomic E-state index is -3.49. The van der Waals surface area contributed by atoms with E-state index in [1.165, 1.54) is 38.6 Å². The molecule has 582 valence electrons. The van der Waals surface area contributed by atoms with Gasteiger partial charge in [-0.15, -0.1) is 0 Å². The topological polar surface area (TPSA) is 223 Å². The Morgan fingerprint density at radius 1 is 0.586 bits per heavy atom. The first-order valence-electron chi connectivity index (χ1n) is 34.9. The molecule has 2 saturated carbocycles. The summed E-state index contributed by atoms with van der Waals surface area (Å²) in [5.74, 6) is -3.25. The van der Waals surface area contributed by atoms with Gasteiger partial charge in [0.15, 0.2) is 21.4 Å². The van der Waals surface area contributed by atoms with E-state index < -0.39 is 174 Å². The number of benzene rings is 4. The molecule has 0 spiro atoms. The Morgan fingerprint density at radius 3 is 1.41 bits per heavy atom. The van der Waals surface area contributed by atoms with Gasteiger partial charge in [0.2, 0.25) is 0 Å². The van der Waals surface area contributed by atoms with Crippen LogP contribution in [0.2, 0.25) is 5.02 Å². The van der Waals surface area contributed by atoms with Crippen molar-refractivity contribution in [2.75, 3.05) is 12.5 Å². The molecule has 0 amide bonds. The zero-order valence-electron chi connectivity index (χ0n) is 60.7. The normalized spacial score (nSPS) is 18.3. The van der Waals surface area contributed by atoms with Crippen molar-refractivity contribution in [3.8, 4) is 45.9 Å². The van der Waals surface area contributed by atoms with E-state index >= 15 is 17.6 Å². The molecule has 0 aliphatic heterocycles. The van der Waals surface area contributed by atoms with Crippen molar-refractivity contribution in [3.05, 3.63) is 198 Å². The van der Waals surface area contributed by atoms with Crippen LogP contribution in [0.5, 0.6) is 0 Å². The van der Waals surface area contributed by atoms with Crippen molar-refractivity contribution >= 4 is 70.2 Å². The second-order valence-electron chi connectivity index (χ2n) is 30.1. The van der Waals surface area contributed by atoms with Crippen LogP contribution < -0.4 is 0 Å². The first kappa shape index (κ1) is 79.4. The van der Waals surface area contributed by atoms with Crippen LogP contribution in [0.3, 0.4) is 0 Å². The highest BCUT2D eigenvalue weighted by atomic mass is 35.5. The van der Waals surface area contributed by atoms with Crippen LogP contribution >= 0.6 is 11.6 Å².